The molecule has 6 heteroatoms. The largest absolute Gasteiger partial charge is 0.481 e. The van der Waals surface area contributed by atoms with Crippen molar-refractivity contribution in [2.75, 3.05) is 32.8 Å². The maximum atomic E-state index is 11.5. The molecule has 3 heterocycles. The lowest BCUT2D eigenvalue weighted by molar-refractivity contribution is -0.149. The number of carboxylic acids is 1. The van der Waals surface area contributed by atoms with E-state index in [-0.39, 0.29) is 5.92 Å². The molecule has 0 aromatic carbocycles. The van der Waals surface area contributed by atoms with E-state index in [1.807, 2.05) is 16.9 Å². The van der Waals surface area contributed by atoms with Gasteiger partial charge in [0.2, 0.25) is 0 Å². The summed E-state index contributed by atoms with van der Waals surface area (Å²) in [6, 6.07) is 1.89. The van der Waals surface area contributed by atoms with Crippen molar-refractivity contribution < 1.29 is 14.6 Å². The van der Waals surface area contributed by atoms with Gasteiger partial charge in [-0.2, -0.15) is 5.10 Å². The number of ether oxygens (including phenoxy) is 1. The summed E-state index contributed by atoms with van der Waals surface area (Å²) in [6.45, 7) is 3.97. The Morgan fingerprint density at radius 2 is 2.44 bits per heavy atom. The van der Waals surface area contributed by atoms with E-state index in [0.717, 1.165) is 19.6 Å². The second kappa shape index (κ2) is 4.37. The topological polar surface area (TPSA) is 67.6 Å². The number of rotatable bonds is 4. The number of fused-ring (bicyclic) bond motifs is 1. The molecule has 1 N–H and O–H groups in total. The molecule has 2 aliphatic rings. The fourth-order valence-electron chi connectivity index (χ4n) is 2.99. The minimum absolute atomic E-state index is 0.132. The van der Waals surface area contributed by atoms with Gasteiger partial charge in [-0.25, -0.2) is 0 Å². The first-order valence-corrected chi connectivity index (χ1v) is 6.22. The van der Waals surface area contributed by atoms with Gasteiger partial charge >= 0.3 is 5.97 Å². The highest BCUT2D eigenvalue weighted by atomic mass is 16.5. The number of aromatic nitrogens is 2. The molecule has 98 valence electrons. The summed E-state index contributed by atoms with van der Waals surface area (Å²) in [5.41, 5.74) is -0.676. The summed E-state index contributed by atoms with van der Waals surface area (Å²) in [7, 11) is 0. The lowest BCUT2D eigenvalue weighted by Gasteiger charge is -2.21. The highest BCUT2D eigenvalue weighted by Crippen LogP contribution is 2.41. The standard InChI is InChI=1S/C12H17N3O3/c16-11(17)12-8-14(6-10(12)7-18-9-12)4-5-15-3-1-2-13-15/h1-3,10H,4-9H2,(H,16,17)/t10-,12-/m1/s1. The Morgan fingerprint density at radius 3 is 3.11 bits per heavy atom. The van der Waals surface area contributed by atoms with Gasteiger partial charge in [-0.1, -0.05) is 0 Å². The van der Waals surface area contributed by atoms with E-state index in [4.69, 9.17) is 4.74 Å². The molecule has 0 amide bonds. The number of carbonyl (C=O) groups is 1. The summed E-state index contributed by atoms with van der Waals surface area (Å²) in [4.78, 5) is 13.7. The highest BCUT2D eigenvalue weighted by Gasteiger charge is 2.55. The Kier molecular flexibility index (Phi) is 2.83. The summed E-state index contributed by atoms with van der Waals surface area (Å²) >= 11 is 0. The third kappa shape index (κ3) is 1.81. The summed E-state index contributed by atoms with van der Waals surface area (Å²) < 4.78 is 7.22. The van der Waals surface area contributed by atoms with Crippen LogP contribution in [-0.2, 0) is 16.1 Å². The molecule has 18 heavy (non-hydrogen) atoms. The molecule has 0 unspecified atom stereocenters. The van der Waals surface area contributed by atoms with E-state index in [1.54, 1.807) is 6.20 Å². The van der Waals surface area contributed by atoms with E-state index in [9.17, 15) is 9.90 Å². The van der Waals surface area contributed by atoms with Gasteiger partial charge in [-0.15, -0.1) is 0 Å². The number of hydrogen-bond donors (Lipinski definition) is 1. The van der Waals surface area contributed by atoms with E-state index in [2.05, 4.69) is 10.00 Å². The molecule has 2 aliphatic heterocycles. The predicted octanol–water partition coefficient (Wildman–Crippen LogP) is -0.0839. The third-order valence-corrected chi connectivity index (χ3v) is 4.07. The van der Waals surface area contributed by atoms with Crippen molar-refractivity contribution in [2.45, 2.75) is 6.54 Å². The van der Waals surface area contributed by atoms with Gasteiger partial charge in [0, 0.05) is 37.9 Å². The van der Waals surface area contributed by atoms with Gasteiger partial charge in [0.05, 0.1) is 19.8 Å². The van der Waals surface area contributed by atoms with Gasteiger partial charge in [0.15, 0.2) is 0 Å². The lowest BCUT2D eigenvalue weighted by Crippen LogP contribution is -2.39. The second-order valence-electron chi connectivity index (χ2n) is 5.18. The molecule has 0 bridgehead atoms. The minimum Gasteiger partial charge on any atom is -0.481 e. The van der Waals surface area contributed by atoms with E-state index in [0.29, 0.717) is 19.8 Å². The molecule has 1 aromatic heterocycles. The molecule has 0 spiro atoms. The molecule has 0 saturated carbocycles. The maximum Gasteiger partial charge on any atom is 0.313 e. The van der Waals surface area contributed by atoms with Crippen LogP contribution in [0.2, 0.25) is 0 Å². The van der Waals surface area contributed by atoms with Crippen LogP contribution in [0.25, 0.3) is 0 Å². The maximum absolute atomic E-state index is 11.5. The number of likely N-dealkylation sites (tertiary alicyclic amines) is 1. The van der Waals surface area contributed by atoms with E-state index < -0.39 is 11.4 Å². The Morgan fingerprint density at radius 1 is 1.56 bits per heavy atom. The number of nitrogens with zero attached hydrogens (tertiary/aromatic N) is 3. The van der Waals surface area contributed by atoms with Crippen molar-refractivity contribution in [3.63, 3.8) is 0 Å². The van der Waals surface area contributed by atoms with Crippen molar-refractivity contribution >= 4 is 5.97 Å². The molecule has 1 aromatic rings. The van der Waals surface area contributed by atoms with Crippen LogP contribution in [0.4, 0.5) is 0 Å². The zero-order valence-corrected chi connectivity index (χ0v) is 10.2. The van der Waals surface area contributed by atoms with Crippen molar-refractivity contribution in [1.82, 2.24) is 14.7 Å². The first kappa shape index (κ1) is 11.7. The number of hydrogen-bond acceptors (Lipinski definition) is 4. The van der Waals surface area contributed by atoms with Crippen LogP contribution in [0.1, 0.15) is 0 Å². The lowest BCUT2D eigenvalue weighted by atomic mass is 9.81. The smallest absolute Gasteiger partial charge is 0.313 e. The Labute approximate surface area is 105 Å². The second-order valence-corrected chi connectivity index (χ2v) is 5.18. The van der Waals surface area contributed by atoms with Crippen LogP contribution in [0, 0.1) is 11.3 Å². The first-order valence-electron chi connectivity index (χ1n) is 6.22. The van der Waals surface area contributed by atoms with Crippen molar-refractivity contribution in [3.8, 4) is 0 Å². The number of carboxylic acid groups (broad SMARTS) is 1. The molecule has 0 radical (unpaired) electrons. The van der Waals surface area contributed by atoms with Gasteiger partial charge in [-0.3, -0.25) is 14.4 Å². The molecule has 2 atom stereocenters. The van der Waals surface area contributed by atoms with E-state index in [1.165, 1.54) is 0 Å². The summed E-state index contributed by atoms with van der Waals surface area (Å²) in [5.74, 6) is -0.584. The number of aliphatic carboxylic acids is 1. The zero-order valence-electron chi connectivity index (χ0n) is 10.2. The van der Waals surface area contributed by atoms with Crippen LogP contribution in [0.5, 0.6) is 0 Å². The molecular weight excluding hydrogens is 234 g/mol. The molecular formula is C12H17N3O3. The minimum atomic E-state index is -0.716. The molecule has 2 fully saturated rings. The van der Waals surface area contributed by atoms with Crippen molar-refractivity contribution in [3.05, 3.63) is 18.5 Å². The average molecular weight is 251 g/mol. The van der Waals surface area contributed by atoms with Crippen LogP contribution in [-0.4, -0.2) is 58.6 Å². The van der Waals surface area contributed by atoms with Crippen LogP contribution in [0.3, 0.4) is 0 Å². The van der Waals surface area contributed by atoms with Crippen LogP contribution in [0.15, 0.2) is 18.5 Å². The Balaban J connectivity index is 1.62. The van der Waals surface area contributed by atoms with Gasteiger partial charge in [0.1, 0.15) is 5.41 Å². The average Bonchev–Trinajstić information content (AvgIpc) is 3.01. The summed E-state index contributed by atoms with van der Waals surface area (Å²) in [5, 5.41) is 13.6. The fourth-order valence-corrected chi connectivity index (χ4v) is 2.99. The molecule has 3 rings (SSSR count). The quantitative estimate of drug-likeness (QED) is 0.810. The zero-order chi connectivity index (χ0) is 12.6. The summed E-state index contributed by atoms with van der Waals surface area (Å²) in [6.07, 6.45) is 3.68. The van der Waals surface area contributed by atoms with Gasteiger partial charge < -0.3 is 9.84 Å². The third-order valence-electron chi connectivity index (χ3n) is 4.07. The predicted molar refractivity (Wildman–Crippen MR) is 63.0 cm³/mol. The Hall–Kier alpha value is -1.40. The fraction of sp³-hybridized carbons (Fsp3) is 0.667. The molecule has 2 saturated heterocycles. The SMILES string of the molecule is O=C(O)[C@]12COC[C@H]1CN(CCn1cccn1)C2. The van der Waals surface area contributed by atoms with Crippen LogP contribution >= 0.6 is 0 Å². The molecule has 0 aliphatic carbocycles. The van der Waals surface area contributed by atoms with E-state index >= 15 is 0 Å². The Bertz CT molecular complexity index is 434. The monoisotopic (exact) mass is 251 g/mol. The van der Waals surface area contributed by atoms with Gasteiger partial charge in [0.25, 0.3) is 0 Å². The highest BCUT2D eigenvalue weighted by molar-refractivity contribution is 5.76. The normalized spacial score (nSPS) is 31.7. The van der Waals surface area contributed by atoms with Crippen molar-refractivity contribution in [2.24, 2.45) is 11.3 Å². The van der Waals surface area contributed by atoms with Crippen LogP contribution < -0.4 is 0 Å². The van der Waals surface area contributed by atoms with Crippen molar-refractivity contribution in [1.29, 1.82) is 0 Å². The first-order chi connectivity index (χ1) is 8.71. The van der Waals surface area contributed by atoms with Gasteiger partial charge in [-0.05, 0) is 6.07 Å². The molecule has 6 nitrogen and oxygen atoms in total.